The minimum absolute atomic E-state index is 0.0336. The van der Waals surface area contributed by atoms with Gasteiger partial charge in [0.1, 0.15) is 30.0 Å². The van der Waals surface area contributed by atoms with Gasteiger partial charge in [-0.25, -0.2) is 14.4 Å². The third-order valence-corrected chi connectivity index (χ3v) is 13.9. The highest BCUT2D eigenvalue weighted by Gasteiger charge is 2.79. The number of hydrogen-bond acceptors (Lipinski definition) is 16. The molecule has 3 aromatic rings. The Morgan fingerprint density at radius 1 is 0.803 bits per heavy atom. The Morgan fingerprint density at radius 2 is 1.39 bits per heavy atom. The highest BCUT2D eigenvalue weighted by molar-refractivity contribution is 5.96. The number of aliphatic hydroxyl groups is 2. The second-order valence-electron chi connectivity index (χ2n) is 17.9. The normalized spacial score (nSPS) is 30.5. The summed E-state index contributed by atoms with van der Waals surface area (Å²) >= 11 is 0. The Bertz CT molecular complexity index is 2420. The van der Waals surface area contributed by atoms with E-state index in [2.05, 4.69) is 5.32 Å². The molecule has 3 N–H and O–H groups in total. The lowest BCUT2D eigenvalue weighted by Crippen LogP contribution is -2.82. The average molecular weight is 912 g/mol. The van der Waals surface area contributed by atoms with Crippen LogP contribution in [-0.4, -0.2) is 113 Å². The van der Waals surface area contributed by atoms with Crippen LogP contribution >= 0.6 is 0 Å². The summed E-state index contributed by atoms with van der Waals surface area (Å²) < 4.78 is 41.3. The molecule has 0 spiro atoms. The van der Waals surface area contributed by atoms with Gasteiger partial charge in [-0.05, 0) is 54.8 Å². The van der Waals surface area contributed by atoms with E-state index in [4.69, 9.17) is 33.2 Å². The van der Waals surface area contributed by atoms with Crippen molar-refractivity contribution in [2.45, 2.75) is 108 Å². The van der Waals surface area contributed by atoms with Crippen molar-refractivity contribution in [1.82, 2.24) is 5.32 Å². The second-order valence-corrected chi connectivity index (χ2v) is 17.9. The maximum absolute atomic E-state index is 15.9. The number of carbonyl (C=O) groups is 7. The smallest absolute Gasteiger partial charge is 0.456 e. The largest absolute Gasteiger partial charge is 0.508 e. The first-order chi connectivity index (χ1) is 31.2. The lowest BCUT2D eigenvalue weighted by atomic mass is 9.44. The van der Waals surface area contributed by atoms with E-state index in [1.54, 1.807) is 78.9 Å². The Balaban J connectivity index is 1.42. The van der Waals surface area contributed by atoms with Crippen LogP contribution in [0.25, 0.3) is 0 Å². The summed E-state index contributed by atoms with van der Waals surface area (Å²) in [7, 11) is 1.06. The molecule has 3 aromatic carbocycles. The van der Waals surface area contributed by atoms with Gasteiger partial charge in [-0.1, -0.05) is 80.6 Å². The van der Waals surface area contributed by atoms with Crippen LogP contribution in [0.1, 0.15) is 86.7 Å². The van der Waals surface area contributed by atoms with E-state index in [9.17, 15) is 39.0 Å². The highest BCUT2D eigenvalue weighted by atomic mass is 16.7. The van der Waals surface area contributed by atoms with Gasteiger partial charge >= 0.3 is 30.0 Å². The Hall–Kier alpha value is -6.43. The number of amides is 1. The minimum atomic E-state index is -2.46. The van der Waals surface area contributed by atoms with E-state index < -0.39 is 119 Å². The summed E-state index contributed by atoms with van der Waals surface area (Å²) in [6, 6.07) is 22.7. The number of ether oxygens (including phenoxy) is 7. The summed E-state index contributed by atoms with van der Waals surface area (Å²) in [5, 5.41) is 28.4. The van der Waals surface area contributed by atoms with Gasteiger partial charge in [0, 0.05) is 37.7 Å². The van der Waals surface area contributed by atoms with Crippen LogP contribution in [0.5, 0.6) is 0 Å². The van der Waals surface area contributed by atoms with Crippen LogP contribution in [-0.2, 0) is 52.3 Å². The van der Waals surface area contributed by atoms with Crippen molar-refractivity contribution < 1.29 is 76.9 Å². The first-order valence-corrected chi connectivity index (χ1v) is 21.5. The van der Waals surface area contributed by atoms with Crippen LogP contribution in [0.4, 0.5) is 4.79 Å². The molecule has 1 saturated heterocycles. The van der Waals surface area contributed by atoms with Gasteiger partial charge < -0.3 is 48.7 Å². The summed E-state index contributed by atoms with van der Waals surface area (Å²) in [6.07, 6.45) is -12.1. The molecule has 1 aliphatic heterocycles. The van der Waals surface area contributed by atoms with E-state index in [1.165, 1.54) is 39.8 Å². The predicted molar refractivity (Wildman–Crippen MR) is 229 cm³/mol. The molecule has 1 heterocycles. The Labute approximate surface area is 380 Å². The molecular formula is C49H53NO16. The molecule has 3 aliphatic carbocycles. The number of ketones is 1. The van der Waals surface area contributed by atoms with E-state index >= 15 is 4.79 Å². The van der Waals surface area contributed by atoms with Gasteiger partial charge in [0.05, 0.1) is 36.7 Å². The first-order valence-electron chi connectivity index (χ1n) is 21.5. The second kappa shape index (κ2) is 18.1. The Kier molecular flexibility index (Phi) is 13.0. The number of carbonyl (C=O) groups excluding carboxylic acids is 7. The predicted octanol–water partition coefficient (Wildman–Crippen LogP) is 4.53. The van der Waals surface area contributed by atoms with Gasteiger partial charge in [-0.2, -0.15) is 0 Å². The molecule has 17 nitrogen and oxygen atoms in total. The summed E-state index contributed by atoms with van der Waals surface area (Å²) in [5.74, 6) is -7.14. The number of Topliss-reactive ketones (excluding diaryl/α,β-unsaturated/α-hetero) is 1. The van der Waals surface area contributed by atoms with Gasteiger partial charge in [0.25, 0.3) is 5.91 Å². The highest BCUT2D eigenvalue weighted by Crippen LogP contribution is 2.65. The molecule has 350 valence electrons. The van der Waals surface area contributed by atoms with Crippen LogP contribution < -0.4 is 5.32 Å². The summed E-state index contributed by atoms with van der Waals surface area (Å²) in [6.45, 7) is 7.80. The van der Waals surface area contributed by atoms with Gasteiger partial charge in [0.2, 0.25) is 0 Å². The minimum Gasteiger partial charge on any atom is -0.456 e. The fourth-order valence-electron chi connectivity index (χ4n) is 10.5. The molecule has 2 unspecified atom stereocenters. The zero-order valence-corrected chi connectivity index (χ0v) is 37.5. The zero-order valence-electron chi connectivity index (χ0n) is 37.5. The third kappa shape index (κ3) is 8.13. The van der Waals surface area contributed by atoms with E-state index in [1.807, 2.05) is 0 Å². The number of benzene rings is 3. The van der Waals surface area contributed by atoms with Crippen molar-refractivity contribution in [3.63, 3.8) is 0 Å². The number of aliphatic hydroxyl groups excluding tert-OH is 1. The van der Waals surface area contributed by atoms with Crippen LogP contribution in [0.3, 0.4) is 0 Å². The zero-order chi connectivity index (χ0) is 47.9. The molecule has 17 heteroatoms. The maximum atomic E-state index is 15.9. The van der Waals surface area contributed by atoms with Crippen molar-refractivity contribution in [1.29, 1.82) is 0 Å². The lowest BCUT2D eigenvalue weighted by Gasteiger charge is -2.67. The monoisotopic (exact) mass is 911 g/mol. The number of nitrogens with one attached hydrogen (secondary N) is 1. The van der Waals surface area contributed by atoms with Crippen molar-refractivity contribution in [3.05, 3.63) is 119 Å². The molecule has 66 heavy (non-hydrogen) atoms. The number of hydrogen-bond donors (Lipinski definition) is 3. The van der Waals surface area contributed by atoms with E-state index in [-0.39, 0.29) is 35.3 Å². The molecule has 2 saturated carbocycles. The molecule has 0 aromatic heterocycles. The average Bonchev–Trinajstić information content (AvgIpc) is 3.28. The van der Waals surface area contributed by atoms with Crippen molar-refractivity contribution >= 4 is 41.7 Å². The molecule has 1 amide bonds. The SMILES string of the molecule is COC(=O)O[C@H]1CC2OC[C@@]2(OC(C)=O)C2[C@H](OC(=O)c3ccccc3)[C@]3(O)C[C@H](OC(=O)[C@H](O)[C@@H](NC(=O)c4ccccc4)c4ccccc4)C(C)=C([C@@H](OC(C)=O)C(=O)[C@@]21C)C3(C)C. The van der Waals surface area contributed by atoms with Crippen LogP contribution in [0, 0.1) is 16.7 Å². The lowest BCUT2D eigenvalue weighted by molar-refractivity contribution is -0.346. The standard InChI is InChI=1S/C49H53NO16/c1-26-32(63-44(57)37(53)36(29-17-11-8-12-18-29)50-42(55)30-19-13-9-14-20-30)24-49(59)41(65-43(56)31-21-15-10-16-22-31)39-47(6,40(54)38(62-27(2)51)35(26)46(49,4)5)33(64-45(58)60-7)23-34-48(39,25-61-34)66-28(3)52/h8-22,32-34,36-39,41,53,59H,23-25H2,1-7H3,(H,50,55)/t32-,33-,34?,36-,37+,38+,39?,41-,47+,48-,49+/m0/s1. The fraction of sp³-hybridized carbons (Fsp3) is 0.449. The topological polar surface area (TPSA) is 237 Å². The van der Waals surface area contributed by atoms with E-state index in [0.717, 1.165) is 21.0 Å². The van der Waals surface area contributed by atoms with Crippen molar-refractivity contribution in [2.75, 3.05) is 13.7 Å². The molecule has 4 aliphatic rings. The fourth-order valence-corrected chi connectivity index (χ4v) is 10.5. The maximum Gasteiger partial charge on any atom is 0.508 e. The molecule has 3 fully saturated rings. The van der Waals surface area contributed by atoms with E-state index in [0.29, 0.717) is 5.56 Å². The third-order valence-electron chi connectivity index (χ3n) is 13.9. The van der Waals surface area contributed by atoms with Gasteiger partial charge in [-0.3, -0.25) is 19.2 Å². The number of methoxy groups -OCH3 is 1. The van der Waals surface area contributed by atoms with Crippen LogP contribution in [0.15, 0.2) is 102 Å². The van der Waals surface area contributed by atoms with Crippen molar-refractivity contribution in [2.24, 2.45) is 16.7 Å². The number of fused-ring (bicyclic) bond motifs is 5. The molecule has 11 atom stereocenters. The molecule has 7 rings (SSSR count). The molecule has 2 bridgehead atoms. The number of rotatable bonds is 11. The summed E-state index contributed by atoms with van der Waals surface area (Å²) in [4.78, 5) is 97.6. The molecule has 0 radical (unpaired) electrons. The summed E-state index contributed by atoms with van der Waals surface area (Å²) in [5.41, 5.74) is -7.49. The van der Waals surface area contributed by atoms with Crippen LogP contribution in [0.2, 0.25) is 0 Å². The quantitative estimate of drug-likeness (QED) is 0.136. The van der Waals surface area contributed by atoms with Gasteiger partial charge in [0.15, 0.2) is 23.6 Å². The first kappa shape index (κ1) is 47.5. The molecular weight excluding hydrogens is 859 g/mol. The van der Waals surface area contributed by atoms with Gasteiger partial charge in [-0.15, -0.1) is 0 Å². The van der Waals surface area contributed by atoms with Crippen molar-refractivity contribution in [3.8, 4) is 0 Å². The Morgan fingerprint density at radius 3 is 1.94 bits per heavy atom. The number of esters is 4.